The first-order chi connectivity index (χ1) is 7.79. The van der Waals surface area contributed by atoms with E-state index in [2.05, 4.69) is 20.5 Å². The Morgan fingerprint density at radius 3 is 3.06 bits per heavy atom. The molecule has 0 aliphatic carbocycles. The van der Waals surface area contributed by atoms with E-state index >= 15 is 0 Å². The van der Waals surface area contributed by atoms with Gasteiger partial charge >= 0.3 is 0 Å². The lowest BCUT2D eigenvalue weighted by Crippen LogP contribution is -2.12. The molecule has 2 rings (SSSR count). The third-order valence-electron chi connectivity index (χ3n) is 2.18. The van der Waals surface area contributed by atoms with E-state index in [-0.39, 0.29) is 5.91 Å². The Morgan fingerprint density at radius 1 is 1.56 bits per heavy atom. The van der Waals surface area contributed by atoms with Crippen LogP contribution in [0.3, 0.4) is 0 Å². The summed E-state index contributed by atoms with van der Waals surface area (Å²) in [5.74, 6) is 0.327. The molecule has 0 unspecified atom stereocenters. The molecule has 5 heteroatoms. The van der Waals surface area contributed by atoms with Gasteiger partial charge in [-0.2, -0.15) is 5.10 Å². The third kappa shape index (κ3) is 2.25. The first-order valence-corrected chi connectivity index (χ1v) is 5.05. The van der Waals surface area contributed by atoms with Gasteiger partial charge in [-0.3, -0.25) is 14.9 Å². The van der Waals surface area contributed by atoms with Crippen LogP contribution in [-0.4, -0.2) is 21.1 Å². The van der Waals surface area contributed by atoms with Gasteiger partial charge in [0.1, 0.15) is 0 Å². The summed E-state index contributed by atoms with van der Waals surface area (Å²) in [6, 6.07) is 5.24. The number of rotatable bonds is 3. The standard InChI is InChI=1S/C11H12N4O/c1-2-9-6-10(15-14-9)13-11(16)8-4-3-5-12-7-8/h3-7H,2H2,1H3,(H2,13,14,15,16). The Labute approximate surface area is 92.9 Å². The van der Waals surface area contributed by atoms with Gasteiger partial charge in [0.15, 0.2) is 5.82 Å². The lowest BCUT2D eigenvalue weighted by atomic mass is 10.2. The van der Waals surface area contributed by atoms with Gasteiger partial charge in [0.05, 0.1) is 5.56 Å². The number of carbonyl (C=O) groups excluding carboxylic acids is 1. The zero-order chi connectivity index (χ0) is 11.4. The number of carbonyl (C=O) groups is 1. The molecule has 0 saturated heterocycles. The number of aryl methyl sites for hydroxylation is 1. The molecule has 0 fully saturated rings. The van der Waals surface area contributed by atoms with Crippen LogP contribution in [0.1, 0.15) is 23.0 Å². The number of aromatic nitrogens is 3. The number of H-pyrrole nitrogens is 1. The minimum Gasteiger partial charge on any atom is -0.305 e. The second kappa shape index (κ2) is 4.57. The van der Waals surface area contributed by atoms with E-state index in [9.17, 15) is 4.79 Å². The highest BCUT2D eigenvalue weighted by molar-refractivity contribution is 6.03. The summed E-state index contributed by atoms with van der Waals surface area (Å²) in [5, 5.41) is 9.50. The first-order valence-electron chi connectivity index (χ1n) is 5.05. The predicted molar refractivity (Wildman–Crippen MR) is 60.2 cm³/mol. The Morgan fingerprint density at radius 2 is 2.44 bits per heavy atom. The summed E-state index contributed by atoms with van der Waals surface area (Å²) in [5.41, 5.74) is 1.50. The summed E-state index contributed by atoms with van der Waals surface area (Å²) in [4.78, 5) is 15.6. The molecule has 0 aromatic carbocycles. The minimum absolute atomic E-state index is 0.206. The summed E-state index contributed by atoms with van der Waals surface area (Å²) >= 11 is 0. The fourth-order valence-corrected chi connectivity index (χ4v) is 1.29. The Balaban J connectivity index is 2.08. The first kappa shape index (κ1) is 10.4. The number of nitrogens with one attached hydrogen (secondary N) is 2. The van der Waals surface area contributed by atoms with Crippen LogP contribution >= 0.6 is 0 Å². The van der Waals surface area contributed by atoms with Gasteiger partial charge in [-0.15, -0.1) is 0 Å². The van der Waals surface area contributed by atoms with Crippen molar-refractivity contribution in [3.05, 3.63) is 41.9 Å². The number of aromatic amines is 1. The molecular formula is C11H12N4O. The predicted octanol–water partition coefficient (Wildman–Crippen LogP) is 1.62. The molecule has 16 heavy (non-hydrogen) atoms. The van der Waals surface area contributed by atoms with Crippen LogP contribution in [0.15, 0.2) is 30.6 Å². The highest BCUT2D eigenvalue weighted by Gasteiger charge is 2.07. The number of pyridine rings is 1. The zero-order valence-corrected chi connectivity index (χ0v) is 8.90. The van der Waals surface area contributed by atoms with E-state index in [0.717, 1.165) is 12.1 Å². The molecule has 0 bridgehead atoms. The quantitative estimate of drug-likeness (QED) is 0.819. The maximum Gasteiger partial charge on any atom is 0.258 e. The van der Waals surface area contributed by atoms with Crippen molar-refractivity contribution in [3.63, 3.8) is 0 Å². The van der Waals surface area contributed by atoms with Gasteiger partial charge in [-0.25, -0.2) is 0 Å². The average molecular weight is 216 g/mol. The van der Waals surface area contributed by atoms with Crippen molar-refractivity contribution in [1.82, 2.24) is 15.2 Å². The van der Waals surface area contributed by atoms with Crippen LogP contribution in [0.2, 0.25) is 0 Å². The number of hydrogen-bond donors (Lipinski definition) is 2. The van der Waals surface area contributed by atoms with Crippen LogP contribution in [0.25, 0.3) is 0 Å². The van der Waals surface area contributed by atoms with Crippen molar-refractivity contribution in [2.24, 2.45) is 0 Å². The minimum atomic E-state index is -0.206. The molecule has 1 amide bonds. The van der Waals surface area contributed by atoms with E-state index in [4.69, 9.17) is 0 Å². The van der Waals surface area contributed by atoms with Crippen molar-refractivity contribution in [3.8, 4) is 0 Å². The molecule has 2 aromatic rings. The Hall–Kier alpha value is -2.17. The van der Waals surface area contributed by atoms with Crippen molar-refractivity contribution in [2.45, 2.75) is 13.3 Å². The zero-order valence-electron chi connectivity index (χ0n) is 8.90. The highest BCUT2D eigenvalue weighted by Crippen LogP contribution is 2.07. The molecule has 0 atom stereocenters. The molecule has 2 heterocycles. The number of hydrogen-bond acceptors (Lipinski definition) is 3. The maximum absolute atomic E-state index is 11.7. The Bertz CT molecular complexity index is 478. The van der Waals surface area contributed by atoms with E-state index in [0.29, 0.717) is 11.4 Å². The summed E-state index contributed by atoms with van der Waals surface area (Å²) in [7, 11) is 0. The van der Waals surface area contributed by atoms with Crippen LogP contribution in [0.5, 0.6) is 0 Å². The van der Waals surface area contributed by atoms with Crippen LogP contribution in [0, 0.1) is 0 Å². The van der Waals surface area contributed by atoms with E-state index in [1.165, 1.54) is 6.20 Å². The van der Waals surface area contributed by atoms with Gasteiger partial charge < -0.3 is 5.32 Å². The molecule has 5 nitrogen and oxygen atoms in total. The van der Waals surface area contributed by atoms with E-state index < -0.39 is 0 Å². The molecule has 2 aromatic heterocycles. The van der Waals surface area contributed by atoms with E-state index in [1.54, 1.807) is 18.3 Å². The normalized spacial score (nSPS) is 10.1. The lowest BCUT2D eigenvalue weighted by molar-refractivity contribution is 0.102. The van der Waals surface area contributed by atoms with Crippen LogP contribution in [0.4, 0.5) is 5.82 Å². The number of amides is 1. The molecular weight excluding hydrogens is 204 g/mol. The second-order valence-corrected chi connectivity index (χ2v) is 3.33. The van der Waals surface area contributed by atoms with Crippen molar-refractivity contribution in [2.75, 3.05) is 5.32 Å². The monoisotopic (exact) mass is 216 g/mol. The lowest BCUT2D eigenvalue weighted by Gasteiger charge is -1.99. The fourth-order valence-electron chi connectivity index (χ4n) is 1.29. The van der Waals surface area contributed by atoms with Gasteiger partial charge in [-0.1, -0.05) is 6.92 Å². The highest BCUT2D eigenvalue weighted by atomic mass is 16.1. The molecule has 0 spiro atoms. The van der Waals surface area contributed by atoms with E-state index in [1.807, 2.05) is 13.0 Å². The second-order valence-electron chi connectivity index (χ2n) is 3.33. The van der Waals surface area contributed by atoms with Gasteiger partial charge in [0.2, 0.25) is 0 Å². The third-order valence-corrected chi connectivity index (χ3v) is 2.18. The summed E-state index contributed by atoms with van der Waals surface area (Å²) in [6.07, 6.45) is 4.00. The topological polar surface area (TPSA) is 70.7 Å². The summed E-state index contributed by atoms with van der Waals surface area (Å²) in [6.45, 7) is 2.01. The van der Waals surface area contributed by atoms with Crippen molar-refractivity contribution >= 4 is 11.7 Å². The SMILES string of the molecule is CCc1cc(NC(=O)c2cccnc2)n[nH]1. The van der Waals surface area contributed by atoms with Crippen LogP contribution < -0.4 is 5.32 Å². The van der Waals surface area contributed by atoms with Crippen LogP contribution in [-0.2, 0) is 6.42 Å². The van der Waals surface area contributed by atoms with Gasteiger partial charge in [-0.05, 0) is 18.6 Å². The Kier molecular flexibility index (Phi) is 2.95. The maximum atomic E-state index is 11.7. The molecule has 2 N–H and O–H groups in total. The van der Waals surface area contributed by atoms with Gasteiger partial charge in [0.25, 0.3) is 5.91 Å². The molecule has 0 radical (unpaired) electrons. The average Bonchev–Trinajstić information content (AvgIpc) is 2.78. The summed E-state index contributed by atoms with van der Waals surface area (Å²) < 4.78 is 0. The molecule has 0 saturated carbocycles. The van der Waals surface area contributed by atoms with Crippen molar-refractivity contribution in [1.29, 1.82) is 0 Å². The number of anilines is 1. The molecule has 0 aliphatic heterocycles. The molecule has 82 valence electrons. The van der Waals surface area contributed by atoms with Crippen molar-refractivity contribution < 1.29 is 4.79 Å². The number of nitrogens with zero attached hydrogens (tertiary/aromatic N) is 2. The van der Waals surface area contributed by atoms with Gasteiger partial charge in [0, 0.05) is 24.2 Å². The molecule has 0 aliphatic rings. The fraction of sp³-hybridized carbons (Fsp3) is 0.182. The largest absolute Gasteiger partial charge is 0.305 e. The smallest absolute Gasteiger partial charge is 0.258 e.